The summed E-state index contributed by atoms with van der Waals surface area (Å²) in [4.78, 5) is 29.9. The summed E-state index contributed by atoms with van der Waals surface area (Å²) in [6, 6.07) is 7.44. The lowest BCUT2D eigenvalue weighted by Crippen LogP contribution is -2.39. The number of H-pyrrole nitrogens is 1. The number of nitrogens with one attached hydrogen (secondary N) is 2. The van der Waals surface area contributed by atoms with E-state index in [1.54, 1.807) is 12.0 Å². The van der Waals surface area contributed by atoms with Crippen molar-refractivity contribution in [2.45, 2.75) is 18.0 Å². The van der Waals surface area contributed by atoms with Gasteiger partial charge >= 0.3 is 0 Å². The Morgan fingerprint density at radius 2 is 2.00 bits per heavy atom. The summed E-state index contributed by atoms with van der Waals surface area (Å²) in [5.74, 6) is 1.31. The Balaban J connectivity index is 1.45. The molecular weight excluding hydrogens is 354 g/mol. The fraction of sp³-hybridized carbons (Fsp3) is 0.412. The van der Waals surface area contributed by atoms with E-state index >= 15 is 0 Å². The summed E-state index contributed by atoms with van der Waals surface area (Å²) < 4.78 is 5.13. The van der Waals surface area contributed by atoms with Crippen molar-refractivity contribution in [1.29, 1.82) is 0 Å². The number of carbonyl (C=O) groups excluding carboxylic acids is 2. The number of benzene rings is 1. The third-order valence-electron chi connectivity index (χ3n) is 4.06. The molecule has 0 atom stereocenters. The first-order valence-corrected chi connectivity index (χ1v) is 9.38. The molecule has 1 saturated heterocycles. The standard InChI is InChI=1S/C17H21N5O3S/c1-25-13-6-4-12(5-7-13)16-19-17(21-20-16)26-11-14(23)18-10-15(24)22-8-2-3-9-22/h4-7H,2-3,8-11H2,1H3,(H,18,23)(H,19,20,21). The third kappa shape index (κ3) is 4.75. The number of rotatable bonds is 7. The Kier molecular flexibility index (Phi) is 6.11. The summed E-state index contributed by atoms with van der Waals surface area (Å²) in [6.45, 7) is 1.62. The van der Waals surface area contributed by atoms with Gasteiger partial charge < -0.3 is 15.0 Å². The summed E-state index contributed by atoms with van der Waals surface area (Å²) in [7, 11) is 1.61. The third-order valence-corrected chi connectivity index (χ3v) is 4.90. The molecule has 1 aliphatic heterocycles. The number of likely N-dealkylation sites (tertiary alicyclic amines) is 1. The van der Waals surface area contributed by atoms with Crippen LogP contribution >= 0.6 is 11.8 Å². The molecule has 2 N–H and O–H groups in total. The highest BCUT2D eigenvalue weighted by molar-refractivity contribution is 7.99. The first kappa shape index (κ1) is 18.2. The van der Waals surface area contributed by atoms with Gasteiger partial charge in [0.1, 0.15) is 5.75 Å². The van der Waals surface area contributed by atoms with Gasteiger partial charge in [-0.2, -0.15) is 0 Å². The fourth-order valence-corrected chi connectivity index (χ4v) is 3.25. The van der Waals surface area contributed by atoms with Crippen LogP contribution in [0.3, 0.4) is 0 Å². The number of ether oxygens (including phenoxy) is 1. The molecule has 1 aliphatic rings. The number of amides is 2. The van der Waals surface area contributed by atoms with Gasteiger partial charge in [-0.15, -0.1) is 5.10 Å². The second-order valence-electron chi connectivity index (χ2n) is 5.85. The topological polar surface area (TPSA) is 100 Å². The molecule has 0 unspecified atom stereocenters. The van der Waals surface area contributed by atoms with Crippen molar-refractivity contribution in [3.8, 4) is 17.1 Å². The SMILES string of the molecule is COc1ccc(-c2nc(SCC(=O)NCC(=O)N3CCCC3)n[nH]2)cc1. The number of aromatic amines is 1. The highest BCUT2D eigenvalue weighted by Crippen LogP contribution is 2.21. The molecule has 0 saturated carbocycles. The maximum absolute atomic E-state index is 11.9. The molecule has 1 aromatic heterocycles. The molecule has 0 bridgehead atoms. The van der Waals surface area contributed by atoms with Crippen LogP contribution in [0.1, 0.15) is 12.8 Å². The van der Waals surface area contributed by atoms with Gasteiger partial charge in [0.05, 0.1) is 19.4 Å². The van der Waals surface area contributed by atoms with Crippen molar-refractivity contribution in [2.75, 3.05) is 32.5 Å². The first-order valence-electron chi connectivity index (χ1n) is 8.40. The van der Waals surface area contributed by atoms with Crippen molar-refractivity contribution >= 4 is 23.6 Å². The molecule has 3 rings (SSSR count). The summed E-state index contributed by atoms with van der Waals surface area (Å²) in [5, 5.41) is 10.1. The number of thioether (sulfide) groups is 1. The van der Waals surface area contributed by atoms with Gasteiger partial charge in [-0.3, -0.25) is 14.7 Å². The van der Waals surface area contributed by atoms with E-state index in [-0.39, 0.29) is 24.1 Å². The van der Waals surface area contributed by atoms with Gasteiger partial charge in [0.2, 0.25) is 17.0 Å². The molecular formula is C17H21N5O3S. The van der Waals surface area contributed by atoms with Crippen LogP contribution in [0, 0.1) is 0 Å². The smallest absolute Gasteiger partial charge is 0.241 e. The molecule has 9 heteroatoms. The fourth-order valence-electron chi connectivity index (χ4n) is 2.62. The Labute approximate surface area is 155 Å². The van der Waals surface area contributed by atoms with Crippen LogP contribution in [-0.2, 0) is 9.59 Å². The van der Waals surface area contributed by atoms with E-state index in [4.69, 9.17) is 4.74 Å². The molecule has 26 heavy (non-hydrogen) atoms. The van der Waals surface area contributed by atoms with Crippen molar-refractivity contribution in [1.82, 2.24) is 25.4 Å². The predicted octanol–water partition coefficient (Wildman–Crippen LogP) is 1.31. The Morgan fingerprint density at radius 1 is 1.27 bits per heavy atom. The second-order valence-corrected chi connectivity index (χ2v) is 6.79. The minimum Gasteiger partial charge on any atom is -0.497 e. The van der Waals surface area contributed by atoms with E-state index in [2.05, 4.69) is 20.5 Å². The predicted molar refractivity (Wildman–Crippen MR) is 97.9 cm³/mol. The first-order chi connectivity index (χ1) is 12.7. The number of hydrogen-bond donors (Lipinski definition) is 2. The van der Waals surface area contributed by atoms with Gasteiger partial charge in [-0.25, -0.2) is 4.98 Å². The minimum absolute atomic E-state index is 0.0273. The normalized spacial score (nSPS) is 13.7. The number of carbonyl (C=O) groups is 2. The zero-order chi connectivity index (χ0) is 18.4. The van der Waals surface area contributed by atoms with Gasteiger partial charge in [0, 0.05) is 18.7 Å². The van der Waals surface area contributed by atoms with Crippen LogP contribution in [0.5, 0.6) is 5.75 Å². The maximum Gasteiger partial charge on any atom is 0.241 e. The molecule has 1 aromatic carbocycles. The monoisotopic (exact) mass is 375 g/mol. The number of hydrogen-bond acceptors (Lipinski definition) is 6. The van der Waals surface area contributed by atoms with Crippen molar-refractivity contribution in [3.63, 3.8) is 0 Å². The molecule has 8 nitrogen and oxygen atoms in total. The zero-order valence-corrected chi connectivity index (χ0v) is 15.3. The van der Waals surface area contributed by atoms with Crippen LogP contribution in [0.4, 0.5) is 0 Å². The quantitative estimate of drug-likeness (QED) is 0.708. The summed E-state index contributed by atoms with van der Waals surface area (Å²) >= 11 is 1.22. The zero-order valence-electron chi connectivity index (χ0n) is 14.5. The van der Waals surface area contributed by atoms with Gasteiger partial charge in [0.15, 0.2) is 5.82 Å². The molecule has 2 amide bonds. The molecule has 2 heterocycles. The van der Waals surface area contributed by atoms with E-state index in [0.717, 1.165) is 37.2 Å². The lowest BCUT2D eigenvalue weighted by Gasteiger charge is -2.15. The number of methoxy groups -OCH3 is 1. The van der Waals surface area contributed by atoms with E-state index in [9.17, 15) is 9.59 Å². The maximum atomic E-state index is 11.9. The second kappa shape index (κ2) is 8.70. The van der Waals surface area contributed by atoms with Gasteiger partial charge in [-0.05, 0) is 37.1 Å². The summed E-state index contributed by atoms with van der Waals surface area (Å²) in [6.07, 6.45) is 2.08. The van der Waals surface area contributed by atoms with Crippen LogP contribution in [0.25, 0.3) is 11.4 Å². The van der Waals surface area contributed by atoms with E-state index in [1.807, 2.05) is 24.3 Å². The lowest BCUT2D eigenvalue weighted by molar-refractivity contribution is -0.131. The molecule has 0 radical (unpaired) electrons. The molecule has 138 valence electrons. The Hall–Kier alpha value is -2.55. The Morgan fingerprint density at radius 3 is 2.69 bits per heavy atom. The average molecular weight is 375 g/mol. The molecule has 0 aliphatic carbocycles. The molecule has 1 fully saturated rings. The van der Waals surface area contributed by atoms with Crippen LogP contribution in [-0.4, -0.2) is 64.4 Å². The minimum atomic E-state index is -0.210. The van der Waals surface area contributed by atoms with Gasteiger partial charge in [-0.1, -0.05) is 11.8 Å². The highest BCUT2D eigenvalue weighted by atomic mass is 32.2. The van der Waals surface area contributed by atoms with Crippen molar-refractivity contribution in [3.05, 3.63) is 24.3 Å². The highest BCUT2D eigenvalue weighted by Gasteiger charge is 2.18. The van der Waals surface area contributed by atoms with Crippen molar-refractivity contribution in [2.24, 2.45) is 0 Å². The average Bonchev–Trinajstić information content (AvgIpc) is 3.36. The Bertz CT molecular complexity index is 756. The molecule has 2 aromatic rings. The van der Waals surface area contributed by atoms with Gasteiger partial charge in [0.25, 0.3) is 0 Å². The van der Waals surface area contributed by atoms with E-state index < -0.39 is 0 Å². The summed E-state index contributed by atoms with van der Waals surface area (Å²) in [5.41, 5.74) is 0.880. The largest absolute Gasteiger partial charge is 0.497 e. The molecule has 0 spiro atoms. The lowest BCUT2D eigenvalue weighted by atomic mass is 10.2. The van der Waals surface area contributed by atoms with Crippen molar-refractivity contribution < 1.29 is 14.3 Å². The van der Waals surface area contributed by atoms with Crippen LogP contribution in [0.2, 0.25) is 0 Å². The van der Waals surface area contributed by atoms with E-state index in [0.29, 0.717) is 11.0 Å². The van der Waals surface area contributed by atoms with E-state index in [1.165, 1.54) is 11.8 Å². The van der Waals surface area contributed by atoms with Crippen LogP contribution in [0.15, 0.2) is 29.4 Å². The van der Waals surface area contributed by atoms with Crippen LogP contribution < -0.4 is 10.1 Å². The number of nitrogens with zero attached hydrogens (tertiary/aromatic N) is 3. The number of aromatic nitrogens is 3.